The predicted molar refractivity (Wildman–Crippen MR) is 74.3 cm³/mol. The van der Waals surface area contributed by atoms with E-state index in [0.717, 1.165) is 0 Å². The maximum Gasteiger partial charge on any atom is 0.354 e. The highest BCUT2D eigenvalue weighted by molar-refractivity contribution is 9.10. The third-order valence-electron chi connectivity index (χ3n) is 2.50. The minimum Gasteiger partial charge on any atom is -0.477 e. The highest BCUT2D eigenvalue weighted by Gasteiger charge is 2.10. The molecule has 0 aliphatic carbocycles. The molecule has 0 fully saturated rings. The van der Waals surface area contributed by atoms with Crippen molar-refractivity contribution in [3.63, 3.8) is 0 Å². The first-order valence-electron chi connectivity index (χ1n) is 5.65. The maximum absolute atomic E-state index is 11.9. The SMILES string of the molecule is O=C(O)c1ccc(CNC(=O)c2cccnc2Br)cn1. The molecule has 1 amide bonds. The number of pyridine rings is 2. The van der Waals surface area contributed by atoms with Gasteiger partial charge in [-0.1, -0.05) is 6.07 Å². The van der Waals surface area contributed by atoms with Crippen molar-refractivity contribution in [1.82, 2.24) is 15.3 Å². The largest absolute Gasteiger partial charge is 0.477 e. The van der Waals surface area contributed by atoms with E-state index in [4.69, 9.17) is 5.11 Å². The van der Waals surface area contributed by atoms with Gasteiger partial charge in [-0.25, -0.2) is 14.8 Å². The lowest BCUT2D eigenvalue weighted by Gasteiger charge is -2.06. The van der Waals surface area contributed by atoms with Crippen molar-refractivity contribution >= 4 is 27.8 Å². The molecule has 20 heavy (non-hydrogen) atoms. The molecule has 0 aliphatic heterocycles. The number of aromatic nitrogens is 2. The summed E-state index contributed by atoms with van der Waals surface area (Å²) in [6.45, 7) is 0.257. The number of amides is 1. The monoisotopic (exact) mass is 335 g/mol. The van der Waals surface area contributed by atoms with Crippen LogP contribution >= 0.6 is 15.9 Å². The Balaban J connectivity index is 2.00. The third-order valence-corrected chi connectivity index (χ3v) is 3.13. The van der Waals surface area contributed by atoms with Gasteiger partial charge in [-0.2, -0.15) is 0 Å². The first kappa shape index (κ1) is 14.1. The van der Waals surface area contributed by atoms with Crippen LogP contribution in [0.25, 0.3) is 0 Å². The van der Waals surface area contributed by atoms with Crippen LogP contribution in [-0.4, -0.2) is 27.0 Å². The van der Waals surface area contributed by atoms with Gasteiger partial charge in [0, 0.05) is 18.9 Å². The number of hydrogen-bond acceptors (Lipinski definition) is 4. The van der Waals surface area contributed by atoms with Gasteiger partial charge in [0.1, 0.15) is 10.3 Å². The number of carboxylic acid groups (broad SMARTS) is 1. The number of carbonyl (C=O) groups excluding carboxylic acids is 1. The Bertz CT molecular complexity index is 644. The highest BCUT2D eigenvalue weighted by atomic mass is 79.9. The Morgan fingerprint density at radius 3 is 2.65 bits per heavy atom. The fraction of sp³-hybridized carbons (Fsp3) is 0.0769. The Hall–Kier alpha value is -2.28. The van der Waals surface area contributed by atoms with Crippen LogP contribution in [0.3, 0.4) is 0 Å². The molecule has 7 heteroatoms. The zero-order valence-corrected chi connectivity index (χ0v) is 11.8. The molecule has 2 aromatic heterocycles. The number of halogens is 1. The van der Waals surface area contributed by atoms with Crippen LogP contribution in [0.4, 0.5) is 0 Å². The van der Waals surface area contributed by atoms with E-state index in [2.05, 4.69) is 31.2 Å². The van der Waals surface area contributed by atoms with Crippen molar-refractivity contribution < 1.29 is 14.7 Å². The summed E-state index contributed by atoms with van der Waals surface area (Å²) in [6.07, 6.45) is 3.00. The van der Waals surface area contributed by atoms with E-state index in [-0.39, 0.29) is 18.1 Å². The lowest BCUT2D eigenvalue weighted by atomic mass is 10.2. The summed E-state index contributed by atoms with van der Waals surface area (Å²) < 4.78 is 0.469. The number of nitrogens with one attached hydrogen (secondary N) is 1. The summed E-state index contributed by atoms with van der Waals surface area (Å²) in [5.41, 5.74) is 1.11. The summed E-state index contributed by atoms with van der Waals surface area (Å²) in [6, 6.07) is 6.32. The van der Waals surface area contributed by atoms with Crippen LogP contribution in [0.1, 0.15) is 26.4 Å². The van der Waals surface area contributed by atoms with Crippen LogP contribution < -0.4 is 5.32 Å². The van der Waals surface area contributed by atoms with E-state index in [9.17, 15) is 9.59 Å². The zero-order chi connectivity index (χ0) is 14.5. The predicted octanol–water partition coefficient (Wildman–Crippen LogP) is 1.87. The quantitative estimate of drug-likeness (QED) is 0.832. The molecular weight excluding hydrogens is 326 g/mol. The van der Waals surface area contributed by atoms with Gasteiger partial charge in [-0.3, -0.25) is 4.79 Å². The summed E-state index contributed by atoms with van der Waals surface area (Å²) in [4.78, 5) is 30.3. The van der Waals surface area contributed by atoms with Crippen LogP contribution in [0.2, 0.25) is 0 Å². The Kier molecular flexibility index (Phi) is 4.41. The molecule has 2 heterocycles. The molecule has 0 bridgehead atoms. The van der Waals surface area contributed by atoms with Crippen molar-refractivity contribution in [2.45, 2.75) is 6.54 Å². The van der Waals surface area contributed by atoms with Gasteiger partial charge >= 0.3 is 5.97 Å². The van der Waals surface area contributed by atoms with Gasteiger partial charge in [0.05, 0.1) is 5.56 Å². The fourth-order valence-corrected chi connectivity index (χ4v) is 1.92. The molecule has 102 valence electrons. The molecule has 0 saturated heterocycles. The number of nitrogens with zero attached hydrogens (tertiary/aromatic N) is 2. The lowest BCUT2D eigenvalue weighted by molar-refractivity contribution is 0.0690. The van der Waals surface area contributed by atoms with Crippen molar-refractivity contribution in [3.05, 3.63) is 58.1 Å². The second kappa shape index (κ2) is 6.25. The standard InChI is InChI=1S/C13H10BrN3O3/c14-11-9(2-1-5-15-11)12(18)17-7-8-3-4-10(13(19)20)16-6-8/h1-6H,7H2,(H,17,18)(H,19,20). The molecule has 0 saturated carbocycles. The van der Waals surface area contributed by atoms with Crippen LogP contribution in [0.5, 0.6) is 0 Å². The van der Waals surface area contributed by atoms with Gasteiger partial charge in [0.2, 0.25) is 0 Å². The minimum atomic E-state index is -1.08. The first-order chi connectivity index (χ1) is 9.58. The smallest absolute Gasteiger partial charge is 0.354 e. The average Bonchev–Trinajstić information content (AvgIpc) is 2.45. The maximum atomic E-state index is 11.9. The average molecular weight is 336 g/mol. The molecule has 6 nitrogen and oxygen atoms in total. The van der Waals surface area contributed by atoms with Crippen molar-refractivity contribution in [2.24, 2.45) is 0 Å². The first-order valence-corrected chi connectivity index (χ1v) is 6.44. The summed E-state index contributed by atoms with van der Waals surface area (Å²) >= 11 is 3.20. The van der Waals surface area contributed by atoms with E-state index in [1.165, 1.54) is 12.3 Å². The topological polar surface area (TPSA) is 92.2 Å². The summed E-state index contributed by atoms with van der Waals surface area (Å²) in [5.74, 6) is -1.35. The summed E-state index contributed by atoms with van der Waals surface area (Å²) in [5, 5.41) is 11.4. The molecule has 0 aromatic carbocycles. The second-order valence-corrected chi connectivity index (χ2v) is 4.63. The van der Waals surface area contributed by atoms with Crippen LogP contribution in [0, 0.1) is 0 Å². The molecule has 0 atom stereocenters. The Labute approximate surface area is 123 Å². The molecule has 0 radical (unpaired) electrons. The molecule has 0 spiro atoms. The van der Waals surface area contributed by atoms with Crippen molar-refractivity contribution in [2.75, 3.05) is 0 Å². The van der Waals surface area contributed by atoms with Crippen LogP contribution in [0.15, 0.2) is 41.3 Å². The molecule has 2 aromatic rings. The van der Waals surface area contributed by atoms with E-state index in [0.29, 0.717) is 15.7 Å². The number of hydrogen-bond donors (Lipinski definition) is 2. The van der Waals surface area contributed by atoms with Gasteiger partial charge in [-0.15, -0.1) is 0 Å². The highest BCUT2D eigenvalue weighted by Crippen LogP contribution is 2.12. The number of carbonyl (C=O) groups is 2. The second-order valence-electron chi connectivity index (χ2n) is 3.88. The Morgan fingerprint density at radius 1 is 1.25 bits per heavy atom. The van der Waals surface area contributed by atoms with Crippen molar-refractivity contribution in [3.8, 4) is 0 Å². The third kappa shape index (κ3) is 3.39. The fourth-order valence-electron chi connectivity index (χ4n) is 1.49. The normalized spacial score (nSPS) is 10.1. The van der Waals surface area contributed by atoms with Gasteiger partial charge < -0.3 is 10.4 Å². The van der Waals surface area contributed by atoms with E-state index >= 15 is 0 Å². The molecule has 2 N–H and O–H groups in total. The molecule has 2 rings (SSSR count). The van der Waals surface area contributed by atoms with E-state index in [1.807, 2.05) is 0 Å². The van der Waals surface area contributed by atoms with Gasteiger partial charge in [0.15, 0.2) is 0 Å². The van der Waals surface area contributed by atoms with Crippen LogP contribution in [-0.2, 0) is 6.54 Å². The number of rotatable bonds is 4. The van der Waals surface area contributed by atoms with E-state index < -0.39 is 5.97 Å². The van der Waals surface area contributed by atoms with E-state index in [1.54, 1.807) is 24.4 Å². The van der Waals surface area contributed by atoms with Gasteiger partial charge in [-0.05, 0) is 39.7 Å². The Morgan fingerprint density at radius 2 is 2.05 bits per heavy atom. The lowest BCUT2D eigenvalue weighted by Crippen LogP contribution is -2.23. The van der Waals surface area contributed by atoms with Crippen molar-refractivity contribution in [1.29, 1.82) is 0 Å². The summed E-state index contributed by atoms with van der Waals surface area (Å²) in [7, 11) is 0. The molecular formula is C13H10BrN3O3. The number of aromatic carboxylic acids is 1. The molecule has 0 unspecified atom stereocenters. The van der Waals surface area contributed by atoms with Gasteiger partial charge in [0.25, 0.3) is 5.91 Å². The minimum absolute atomic E-state index is 0.0323. The number of carboxylic acids is 1. The zero-order valence-electron chi connectivity index (χ0n) is 10.2. The molecule has 0 aliphatic rings.